The summed E-state index contributed by atoms with van der Waals surface area (Å²) in [5.41, 5.74) is -3.24. The van der Waals surface area contributed by atoms with Crippen molar-refractivity contribution in [1.82, 2.24) is 24.8 Å². The van der Waals surface area contributed by atoms with E-state index in [4.69, 9.17) is 4.74 Å². The van der Waals surface area contributed by atoms with Crippen molar-refractivity contribution in [2.45, 2.75) is 107 Å². The molecule has 15 heteroatoms. The van der Waals surface area contributed by atoms with E-state index in [1.54, 1.807) is 33.9 Å². The van der Waals surface area contributed by atoms with Gasteiger partial charge in [0.15, 0.2) is 11.5 Å². The molecule has 5 saturated carbocycles. The van der Waals surface area contributed by atoms with Crippen LogP contribution in [0.25, 0.3) is 22.3 Å². The van der Waals surface area contributed by atoms with Crippen LogP contribution in [-0.4, -0.2) is 73.0 Å². The van der Waals surface area contributed by atoms with Gasteiger partial charge in [-0.3, -0.25) is 9.59 Å². The number of benzene rings is 1. The number of aliphatic carboxylic acids is 1. The van der Waals surface area contributed by atoms with Gasteiger partial charge in [-0.15, -0.1) is 0 Å². The zero-order valence-electron chi connectivity index (χ0n) is 29.3. The minimum absolute atomic E-state index is 0.00950. The van der Waals surface area contributed by atoms with Gasteiger partial charge in [-0.2, -0.15) is 13.2 Å². The number of carbonyl (C=O) groups excluding carboxylic acids is 2. The molecule has 10 nitrogen and oxygen atoms in total. The van der Waals surface area contributed by atoms with Crippen LogP contribution in [0.4, 0.5) is 22.0 Å². The predicted octanol–water partition coefficient (Wildman–Crippen LogP) is 7.27. The summed E-state index contributed by atoms with van der Waals surface area (Å²) in [6.07, 6.45) is 1.43. The van der Waals surface area contributed by atoms with Gasteiger partial charge < -0.3 is 24.6 Å². The molecule has 2 aromatic heterocycles. The monoisotopic (exact) mass is 743 g/mol. The number of aromatic nitrogens is 3. The van der Waals surface area contributed by atoms with Crippen LogP contribution in [-0.2, 0) is 15.8 Å². The van der Waals surface area contributed by atoms with Crippen molar-refractivity contribution in [3.63, 3.8) is 0 Å². The molecule has 0 atom stereocenters. The summed E-state index contributed by atoms with van der Waals surface area (Å²) < 4.78 is 80.7. The van der Waals surface area contributed by atoms with Gasteiger partial charge in [-0.1, -0.05) is 0 Å². The average molecular weight is 744 g/mol. The Hall–Kier alpha value is -4.30. The molecule has 5 aliphatic carbocycles. The maximum atomic E-state index is 14.8. The van der Waals surface area contributed by atoms with Crippen LogP contribution in [0.1, 0.15) is 99.6 Å². The third kappa shape index (κ3) is 6.41. The number of piperidine rings is 1. The highest BCUT2D eigenvalue weighted by Gasteiger charge is 2.62. The first-order valence-corrected chi connectivity index (χ1v) is 18.6. The van der Waals surface area contributed by atoms with Crippen LogP contribution in [0.15, 0.2) is 30.6 Å². The fourth-order valence-electron chi connectivity index (χ4n) is 10.3. The predicted molar refractivity (Wildman–Crippen MR) is 181 cm³/mol. The Bertz CT molecular complexity index is 1920. The molecule has 0 spiro atoms. The number of hydrogen-bond acceptors (Lipinski definition) is 6. The number of carbonyl (C=O) groups is 3. The van der Waals surface area contributed by atoms with Crippen molar-refractivity contribution < 1.29 is 46.2 Å². The molecule has 284 valence electrons. The Morgan fingerprint density at radius 1 is 0.962 bits per heavy atom. The maximum absolute atomic E-state index is 14.8. The van der Waals surface area contributed by atoms with E-state index in [0.717, 1.165) is 12.6 Å². The molecule has 4 bridgehead atoms. The number of nitrogens with zero attached hydrogens (tertiary/aromatic N) is 4. The first-order chi connectivity index (χ1) is 25.1. The molecule has 0 radical (unpaired) electrons. The quantitative estimate of drug-likeness (QED) is 0.244. The minimum atomic E-state index is -5.09. The number of likely N-dealkylation sites (tertiary alicyclic amines) is 1. The molecule has 6 fully saturated rings. The van der Waals surface area contributed by atoms with Crippen LogP contribution >= 0.6 is 0 Å². The highest BCUT2D eigenvalue weighted by molar-refractivity contribution is 6.00. The van der Waals surface area contributed by atoms with Gasteiger partial charge in [0, 0.05) is 81.1 Å². The molecule has 9 rings (SSSR count). The highest BCUT2D eigenvalue weighted by Crippen LogP contribution is 2.58. The van der Waals surface area contributed by atoms with E-state index in [1.165, 1.54) is 6.92 Å². The number of halogens is 5. The largest absolute Gasteiger partial charge is 0.490 e. The third-order valence-electron chi connectivity index (χ3n) is 12.7. The van der Waals surface area contributed by atoms with E-state index < -0.39 is 40.8 Å². The molecule has 0 unspecified atom stereocenters. The second-order valence-electron chi connectivity index (χ2n) is 15.9. The number of ether oxygens (including phenoxy) is 1. The number of hydrogen-bond donors (Lipinski definition) is 2. The van der Waals surface area contributed by atoms with Crippen molar-refractivity contribution in [2.24, 2.45) is 23.7 Å². The van der Waals surface area contributed by atoms with Crippen LogP contribution in [0.2, 0.25) is 0 Å². The normalized spacial score (nSPS) is 28.7. The van der Waals surface area contributed by atoms with Crippen LogP contribution in [0.3, 0.4) is 0 Å². The van der Waals surface area contributed by atoms with E-state index in [2.05, 4.69) is 15.3 Å². The van der Waals surface area contributed by atoms with Crippen molar-refractivity contribution >= 4 is 28.7 Å². The number of amides is 2. The van der Waals surface area contributed by atoms with Gasteiger partial charge in [0.1, 0.15) is 17.4 Å². The standard InChI is InChI=1S/C38H42F5N5O5/c1-20(49)47-10-6-26(7-11-47)53-27-2-3-28-30(19-48(31(28)17-27)25-4-8-36(39,40)9-5-25)33-44-18-29(32(45-33)38(41,42)43)34(50)46-37(35(51)52)23-13-21-12-22(15-23)16-24(37)14-21/h2-3,17-19,21-26H,4-16H2,1H3,(H,46,50)(H,51,52). The summed E-state index contributed by atoms with van der Waals surface area (Å²) in [6, 6.07) is 4.73. The smallest absolute Gasteiger partial charge is 0.434 e. The summed E-state index contributed by atoms with van der Waals surface area (Å²) in [5.74, 6) is -5.08. The molecule has 2 N–H and O–H groups in total. The Morgan fingerprint density at radius 2 is 1.60 bits per heavy atom. The van der Waals surface area contributed by atoms with Crippen molar-refractivity contribution in [3.05, 3.63) is 41.9 Å². The summed E-state index contributed by atoms with van der Waals surface area (Å²) in [4.78, 5) is 48.3. The molecule has 1 aromatic carbocycles. The van der Waals surface area contributed by atoms with Gasteiger partial charge in [0.25, 0.3) is 5.91 Å². The summed E-state index contributed by atoms with van der Waals surface area (Å²) in [7, 11) is 0. The van der Waals surface area contributed by atoms with E-state index >= 15 is 0 Å². The zero-order chi connectivity index (χ0) is 37.4. The van der Waals surface area contributed by atoms with Crippen molar-refractivity contribution in [3.8, 4) is 17.1 Å². The minimum Gasteiger partial charge on any atom is -0.490 e. The Kier molecular flexibility index (Phi) is 8.71. The lowest BCUT2D eigenvalue weighted by atomic mass is 9.48. The van der Waals surface area contributed by atoms with Crippen LogP contribution < -0.4 is 10.1 Å². The highest BCUT2D eigenvalue weighted by atomic mass is 19.4. The SMILES string of the molecule is CC(=O)N1CCC(Oc2ccc3c(-c4ncc(C(=O)NC5(C(=O)O)C6CC7CC(C6)CC5C7)c(C(F)(F)F)n4)cn(C4CCC(F)(F)CC4)c3c2)CC1. The number of carboxylic acids is 1. The third-order valence-corrected chi connectivity index (χ3v) is 12.7. The van der Waals surface area contributed by atoms with Gasteiger partial charge >= 0.3 is 12.1 Å². The van der Waals surface area contributed by atoms with E-state index in [9.17, 15) is 41.4 Å². The number of fused-ring (bicyclic) bond motifs is 1. The summed E-state index contributed by atoms with van der Waals surface area (Å²) >= 11 is 0. The van der Waals surface area contributed by atoms with Crippen molar-refractivity contribution in [2.75, 3.05) is 13.1 Å². The van der Waals surface area contributed by atoms with Crippen LogP contribution in [0.5, 0.6) is 5.75 Å². The molecular weight excluding hydrogens is 701 g/mol. The number of nitrogens with one attached hydrogen (secondary N) is 1. The van der Waals surface area contributed by atoms with E-state index in [-0.39, 0.29) is 67.0 Å². The van der Waals surface area contributed by atoms with Gasteiger partial charge in [0.2, 0.25) is 11.8 Å². The molecule has 53 heavy (non-hydrogen) atoms. The molecule has 6 aliphatic rings. The molecule has 3 heterocycles. The lowest BCUT2D eigenvalue weighted by Crippen LogP contribution is -2.70. The molecule has 3 aromatic rings. The lowest BCUT2D eigenvalue weighted by Gasteiger charge is -2.59. The number of carboxylic acid groups (broad SMARTS) is 1. The molecule has 2 amide bonds. The molecule has 1 saturated heterocycles. The first-order valence-electron chi connectivity index (χ1n) is 18.6. The second-order valence-corrected chi connectivity index (χ2v) is 15.9. The Morgan fingerprint density at radius 3 is 2.19 bits per heavy atom. The van der Waals surface area contributed by atoms with Crippen molar-refractivity contribution in [1.29, 1.82) is 0 Å². The van der Waals surface area contributed by atoms with Gasteiger partial charge in [-0.25, -0.2) is 23.5 Å². The summed E-state index contributed by atoms with van der Waals surface area (Å²) in [5, 5.41) is 13.5. The van der Waals surface area contributed by atoms with Crippen LogP contribution in [0, 0.1) is 23.7 Å². The van der Waals surface area contributed by atoms with E-state index in [0.29, 0.717) is 80.1 Å². The zero-order valence-corrected chi connectivity index (χ0v) is 29.3. The van der Waals surface area contributed by atoms with Gasteiger partial charge in [0.05, 0.1) is 11.1 Å². The first kappa shape index (κ1) is 35.7. The molecule has 1 aliphatic heterocycles. The Labute approximate surface area is 302 Å². The number of alkyl halides is 5. The average Bonchev–Trinajstić information content (AvgIpc) is 3.47. The summed E-state index contributed by atoms with van der Waals surface area (Å²) in [6.45, 7) is 2.61. The molecular formula is C38H42F5N5O5. The topological polar surface area (TPSA) is 127 Å². The maximum Gasteiger partial charge on any atom is 0.434 e. The fourth-order valence-corrected chi connectivity index (χ4v) is 10.3. The van der Waals surface area contributed by atoms with Gasteiger partial charge in [-0.05, 0) is 80.8 Å². The lowest BCUT2D eigenvalue weighted by molar-refractivity contribution is -0.163. The second kappa shape index (κ2) is 12.9. The Balaban J connectivity index is 1.14. The van der Waals surface area contributed by atoms with E-state index in [1.807, 2.05) is 0 Å². The number of rotatable bonds is 7. The fraction of sp³-hybridized carbons (Fsp3) is 0.605.